The third-order valence-electron chi connectivity index (χ3n) is 3.63. The van der Waals surface area contributed by atoms with Gasteiger partial charge in [-0.05, 0) is 34.6 Å². The van der Waals surface area contributed by atoms with Crippen LogP contribution in [0, 0.1) is 17.8 Å². The number of carbonyl (C=O) groups excluding carboxylic acids is 1. The number of aliphatic carboxylic acids is 1. The molecule has 1 aromatic heterocycles. The summed E-state index contributed by atoms with van der Waals surface area (Å²) in [6.45, 7) is 9.72. The molecule has 1 saturated heterocycles. The highest BCUT2D eigenvalue weighted by atomic mass is 16.6. The zero-order valence-corrected chi connectivity index (χ0v) is 14.7. The summed E-state index contributed by atoms with van der Waals surface area (Å²) in [6.07, 6.45) is 2.84. The molecule has 0 radical (unpaired) electrons. The van der Waals surface area contributed by atoms with Gasteiger partial charge in [-0.1, -0.05) is 11.8 Å². The number of amides is 1. The van der Waals surface area contributed by atoms with Crippen molar-refractivity contribution in [3.8, 4) is 11.8 Å². The van der Waals surface area contributed by atoms with E-state index in [1.54, 1.807) is 31.1 Å². The Labute approximate surface area is 141 Å². The lowest BCUT2D eigenvalue weighted by molar-refractivity contribution is -0.146. The number of ether oxygens (including phenoxy) is 1. The van der Waals surface area contributed by atoms with Gasteiger partial charge < -0.3 is 14.7 Å². The number of carboxylic acid groups (broad SMARTS) is 1. The fourth-order valence-electron chi connectivity index (χ4n) is 2.02. The molecule has 0 atom stereocenters. The zero-order chi connectivity index (χ0) is 18.1. The highest BCUT2D eigenvalue weighted by Crippen LogP contribution is 2.19. The van der Waals surface area contributed by atoms with E-state index in [-0.39, 0.29) is 12.0 Å². The van der Waals surface area contributed by atoms with Crippen LogP contribution < -0.4 is 0 Å². The quantitative estimate of drug-likeness (QED) is 0.836. The largest absolute Gasteiger partial charge is 0.479 e. The third kappa shape index (κ3) is 4.07. The Morgan fingerprint density at radius 2 is 1.92 bits per heavy atom. The lowest BCUT2D eigenvalue weighted by Gasteiger charge is -2.37. The minimum absolute atomic E-state index is 0.0911. The van der Waals surface area contributed by atoms with Crippen molar-refractivity contribution in [3.05, 3.63) is 18.0 Å². The van der Waals surface area contributed by atoms with E-state index < -0.39 is 17.1 Å². The minimum atomic E-state index is -1.12. The van der Waals surface area contributed by atoms with Crippen molar-refractivity contribution in [1.29, 1.82) is 0 Å². The van der Waals surface area contributed by atoms with E-state index in [0.29, 0.717) is 18.7 Å². The predicted octanol–water partition coefficient (Wildman–Crippen LogP) is 1.92. The lowest BCUT2D eigenvalue weighted by Crippen LogP contribution is -2.51. The van der Waals surface area contributed by atoms with Gasteiger partial charge >= 0.3 is 12.1 Å². The molecule has 0 spiro atoms. The molecule has 2 heterocycles. The Morgan fingerprint density at radius 3 is 2.46 bits per heavy atom. The number of aromatic nitrogens is 2. The molecule has 0 unspecified atom stereocenters. The van der Waals surface area contributed by atoms with Crippen molar-refractivity contribution in [1.82, 2.24) is 14.7 Å². The Balaban J connectivity index is 1.91. The Kier molecular flexibility index (Phi) is 4.61. The molecule has 7 heteroatoms. The zero-order valence-electron chi connectivity index (χ0n) is 14.7. The maximum absolute atomic E-state index is 11.8. The van der Waals surface area contributed by atoms with Crippen molar-refractivity contribution >= 4 is 12.1 Å². The highest BCUT2D eigenvalue weighted by Gasteiger charge is 2.33. The predicted molar refractivity (Wildman–Crippen MR) is 87.4 cm³/mol. The summed E-state index contributed by atoms with van der Waals surface area (Å²) in [5, 5.41) is 13.2. The molecule has 0 aliphatic carbocycles. The molecule has 1 amide bonds. The van der Waals surface area contributed by atoms with E-state index >= 15 is 0 Å². The molecule has 2 rings (SSSR count). The summed E-state index contributed by atoms with van der Waals surface area (Å²) in [6, 6.07) is 0. The standard InChI is InChI=1S/C17H23N3O4/c1-16(2,3)24-15(23)19-9-13(10-19)7-6-12-8-18-20(11-12)17(4,5)14(21)22/h8,11,13H,9-10H2,1-5H3,(H,21,22). The van der Waals surface area contributed by atoms with E-state index in [1.807, 2.05) is 20.8 Å². The first-order valence-corrected chi connectivity index (χ1v) is 7.77. The van der Waals surface area contributed by atoms with Gasteiger partial charge in [0.15, 0.2) is 5.54 Å². The van der Waals surface area contributed by atoms with Crippen LogP contribution in [0.1, 0.15) is 40.2 Å². The molecule has 1 fully saturated rings. The van der Waals surface area contributed by atoms with Gasteiger partial charge in [-0.15, -0.1) is 0 Å². The van der Waals surface area contributed by atoms with E-state index in [1.165, 1.54) is 4.68 Å². The van der Waals surface area contributed by atoms with E-state index in [4.69, 9.17) is 4.74 Å². The highest BCUT2D eigenvalue weighted by molar-refractivity contribution is 5.75. The molecule has 1 aromatic rings. The maximum Gasteiger partial charge on any atom is 0.410 e. The third-order valence-corrected chi connectivity index (χ3v) is 3.63. The van der Waals surface area contributed by atoms with Crippen LogP contribution in [0.3, 0.4) is 0 Å². The van der Waals surface area contributed by atoms with Crippen LogP contribution in [-0.4, -0.2) is 50.5 Å². The normalized spacial score (nSPS) is 15.3. The van der Waals surface area contributed by atoms with Crippen LogP contribution in [-0.2, 0) is 15.1 Å². The second kappa shape index (κ2) is 6.19. The van der Waals surface area contributed by atoms with Crippen LogP contribution in [0.4, 0.5) is 4.79 Å². The molecule has 7 nitrogen and oxygen atoms in total. The molecule has 130 valence electrons. The Hall–Kier alpha value is -2.49. The number of hydrogen-bond donors (Lipinski definition) is 1. The van der Waals surface area contributed by atoms with Crippen LogP contribution >= 0.6 is 0 Å². The monoisotopic (exact) mass is 333 g/mol. The average Bonchev–Trinajstić information content (AvgIpc) is 2.83. The molecular weight excluding hydrogens is 310 g/mol. The number of carboxylic acids is 1. The summed E-state index contributed by atoms with van der Waals surface area (Å²) in [4.78, 5) is 24.6. The van der Waals surface area contributed by atoms with E-state index in [2.05, 4.69) is 16.9 Å². The first-order chi connectivity index (χ1) is 11.0. The van der Waals surface area contributed by atoms with Crippen LogP contribution in [0.5, 0.6) is 0 Å². The molecule has 1 N–H and O–H groups in total. The van der Waals surface area contributed by atoms with Crippen molar-refractivity contribution in [2.75, 3.05) is 13.1 Å². The SMILES string of the molecule is CC(C)(C)OC(=O)N1CC(C#Cc2cnn(C(C)(C)C(=O)O)c2)C1. The molecule has 0 bridgehead atoms. The maximum atomic E-state index is 11.8. The number of nitrogens with zero attached hydrogens (tertiary/aromatic N) is 3. The number of rotatable bonds is 2. The average molecular weight is 333 g/mol. The smallest absolute Gasteiger partial charge is 0.410 e. The summed E-state index contributed by atoms with van der Waals surface area (Å²) >= 11 is 0. The number of carbonyl (C=O) groups is 2. The number of likely N-dealkylation sites (tertiary alicyclic amines) is 1. The summed E-state index contributed by atoms with van der Waals surface area (Å²) in [5.41, 5.74) is -0.969. The van der Waals surface area contributed by atoms with E-state index in [9.17, 15) is 14.7 Å². The summed E-state index contributed by atoms with van der Waals surface area (Å²) in [5.74, 6) is 5.19. The van der Waals surface area contributed by atoms with Crippen molar-refractivity contribution < 1.29 is 19.4 Å². The molecule has 0 saturated carbocycles. The van der Waals surface area contributed by atoms with Gasteiger partial charge in [0.2, 0.25) is 0 Å². The molecule has 24 heavy (non-hydrogen) atoms. The topological polar surface area (TPSA) is 84.7 Å². The second-order valence-electron chi connectivity index (χ2n) is 7.39. The van der Waals surface area contributed by atoms with Gasteiger partial charge in [-0.25, -0.2) is 9.59 Å². The Bertz CT molecular complexity index is 697. The summed E-state index contributed by atoms with van der Waals surface area (Å²) < 4.78 is 6.67. The Morgan fingerprint density at radius 1 is 1.29 bits per heavy atom. The van der Waals surface area contributed by atoms with E-state index in [0.717, 1.165) is 0 Å². The van der Waals surface area contributed by atoms with Gasteiger partial charge in [0.1, 0.15) is 5.60 Å². The van der Waals surface area contributed by atoms with Gasteiger partial charge in [0, 0.05) is 19.3 Å². The van der Waals surface area contributed by atoms with Crippen LogP contribution in [0.15, 0.2) is 12.4 Å². The van der Waals surface area contributed by atoms with Crippen LogP contribution in [0.2, 0.25) is 0 Å². The van der Waals surface area contributed by atoms with Gasteiger partial charge in [-0.3, -0.25) is 4.68 Å². The van der Waals surface area contributed by atoms with Crippen molar-refractivity contribution in [3.63, 3.8) is 0 Å². The van der Waals surface area contributed by atoms with Crippen molar-refractivity contribution in [2.45, 2.75) is 45.8 Å². The van der Waals surface area contributed by atoms with Crippen molar-refractivity contribution in [2.24, 2.45) is 5.92 Å². The first-order valence-electron chi connectivity index (χ1n) is 7.77. The molecule has 0 aromatic carbocycles. The lowest BCUT2D eigenvalue weighted by atomic mass is 10.0. The van der Waals surface area contributed by atoms with Gasteiger partial charge in [-0.2, -0.15) is 5.10 Å². The van der Waals surface area contributed by atoms with Gasteiger partial charge in [0.05, 0.1) is 17.7 Å². The van der Waals surface area contributed by atoms with Crippen LogP contribution in [0.25, 0.3) is 0 Å². The minimum Gasteiger partial charge on any atom is -0.479 e. The fourth-order valence-corrected chi connectivity index (χ4v) is 2.02. The molecule has 1 aliphatic rings. The fraction of sp³-hybridized carbons (Fsp3) is 0.588. The molecular formula is C17H23N3O4. The van der Waals surface area contributed by atoms with Gasteiger partial charge in [0.25, 0.3) is 0 Å². The number of hydrogen-bond acceptors (Lipinski definition) is 4. The first kappa shape index (κ1) is 17.9. The molecule has 1 aliphatic heterocycles. The summed E-state index contributed by atoms with van der Waals surface area (Å²) in [7, 11) is 0. The second-order valence-corrected chi connectivity index (χ2v) is 7.39.